The monoisotopic (exact) mass is 649 g/mol. The second-order valence-corrected chi connectivity index (χ2v) is 14.9. The molecule has 4 bridgehead atoms. The van der Waals surface area contributed by atoms with Gasteiger partial charge in [-0.2, -0.15) is 4.98 Å². The summed E-state index contributed by atoms with van der Waals surface area (Å²) in [5.74, 6) is -0.170. The van der Waals surface area contributed by atoms with Crippen LogP contribution in [0.25, 0.3) is 11.3 Å². The SMILES string of the molecule is Cc1cccc(C)c1-c1nc2nc(c1C)O[C@H](C)CN(C1CCC(NC(=O)OC(C)(C)C)CC1)C(=O)c1cccc(c1)S(=O)(=O)N2. The van der Waals surface area contributed by atoms with E-state index in [1.54, 1.807) is 17.0 Å². The van der Waals surface area contributed by atoms with Crippen molar-refractivity contribution in [1.29, 1.82) is 0 Å². The van der Waals surface area contributed by atoms with Crippen LogP contribution in [0.5, 0.6) is 5.88 Å². The van der Waals surface area contributed by atoms with Gasteiger partial charge in [-0.05, 0) is 103 Å². The summed E-state index contributed by atoms with van der Waals surface area (Å²) < 4.78 is 41.6. The van der Waals surface area contributed by atoms with Crippen LogP contribution >= 0.6 is 0 Å². The minimum Gasteiger partial charge on any atom is -0.472 e. The van der Waals surface area contributed by atoms with Crippen LogP contribution in [0.15, 0.2) is 47.4 Å². The molecule has 12 heteroatoms. The maximum Gasteiger partial charge on any atom is 0.407 e. The predicted octanol–water partition coefficient (Wildman–Crippen LogP) is 5.93. The van der Waals surface area contributed by atoms with E-state index in [0.29, 0.717) is 36.9 Å². The number of carbonyl (C=O) groups is 2. The van der Waals surface area contributed by atoms with Gasteiger partial charge in [-0.15, -0.1) is 0 Å². The lowest BCUT2D eigenvalue weighted by molar-refractivity contribution is 0.0419. The molecule has 246 valence electrons. The van der Waals surface area contributed by atoms with Gasteiger partial charge >= 0.3 is 6.09 Å². The molecule has 46 heavy (non-hydrogen) atoms. The third-order valence-electron chi connectivity index (χ3n) is 8.32. The van der Waals surface area contributed by atoms with E-state index in [1.165, 1.54) is 12.1 Å². The molecule has 2 aliphatic rings. The van der Waals surface area contributed by atoms with Crippen molar-refractivity contribution in [2.45, 2.75) is 103 Å². The van der Waals surface area contributed by atoms with E-state index in [0.717, 1.165) is 16.7 Å². The molecule has 0 saturated heterocycles. The van der Waals surface area contributed by atoms with Gasteiger partial charge in [0.15, 0.2) is 0 Å². The fourth-order valence-electron chi connectivity index (χ4n) is 6.14. The molecular weight excluding hydrogens is 606 g/mol. The van der Waals surface area contributed by atoms with Crippen molar-refractivity contribution < 1.29 is 27.5 Å². The molecule has 1 saturated carbocycles. The Kier molecular flexibility index (Phi) is 9.30. The summed E-state index contributed by atoms with van der Waals surface area (Å²) in [5.41, 5.74) is 3.72. The topological polar surface area (TPSA) is 140 Å². The number of amides is 2. The van der Waals surface area contributed by atoms with Crippen molar-refractivity contribution >= 4 is 28.0 Å². The van der Waals surface area contributed by atoms with Crippen molar-refractivity contribution in [2.75, 3.05) is 11.3 Å². The fraction of sp³-hybridized carbons (Fsp3) is 0.471. The van der Waals surface area contributed by atoms with Crippen molar-refractivity contribution in [3.05, 3.63) is 64.7 Å². The van der Waals surface area contributed by atoms with Crippen LogP contribution in [-0.2, 0) is 14.8 Å². The minimum absolute atomic E-state index is 0.0730. The van der Waals surface area contributed by atoms with Crippen molar-refractivity contribution in [2.24, 2.45) is 0 Å². The summed E-state index contributed by atoms with van der Waals surface area (Å²) in [6.45, 7) is 13.4. The van der Waals surface area contributed by atoms with Crippen LogP contribution in [0.3, 0.4) is 0 Å². The van der Waals surface area contributed by atoms with Gasteiger partial charge < -0.3 is 19.7 Å². The van der Waals surface area contributed by atoms with Gasteiger partial charge in [-0.3, -0.25) is 4.79 Å². The number of aryl methyl sites for hydroxylation is 2. The first-order valence-electron chi connectivity index (χ1n) is 15.7. The van der Waals surface area contributed by atoms with Crippen LogP contribution in [0.4, 0.5) is 10.7 Å². The number of benzene rings is 2. The lowest BCUT2D eigenvalue weighted by Crippen LogP contribution is -2.49. The molecule has 1 fully saturated rings. The first-order valence-corrected chi connectivity index (χ1v) is 17.1. The molecule has 0 unspecified atom stereocenters. The third kappa shape index (κ3) is 7.43. The largest absolute Gasteiger partial charge is 0.472 e. The highest BCUT2D eigenvalue weighted by Gasteiger charge is 2.33. The molecule has 1 atom stereocenters. The molecule has 2 heterocycles. The number of anilines is 1. The fourth-order valence-corrected chi connectivity index (χ4v) is 7.13. The minimum atomic E-state index is -4.16. The van der Waals surface area contributed by atoms with Crippen LogP contribution in [0.2, 0.25) is 0 Å². The molecule has 0 spiro atoms. The standard InChI is InChI=1S/C34H43N5O6S/c1-20-10-8-11-21(2)28(20)29-23(4)30-37-32(36-29)38-46(42,43)27-13-9-12-24(18-27)31(40)39(19-22(3)44-30)26-16-14-25(15-17-26)35-33(41)45-34(5,6)7/h8-13,18,22,25-26H,14-17,19H2,1-7H3,(H,35,41)(H,36,37,38)/t22-,25?,26?/m1/s1. The van der Waals surface area contributed by atoms with Gasteiger partial charge in [-0.1, -0.05) is 24.3 Å². The van der Waals surface area contributed by atoms with E-state index in [4.69, 9.17) is 9.47 Å². The quantitative estimate of drug-likeness (QED) is 0.356. The Morgan fingerprint density at radius 3 is 2.33 bits per heavy atom. The molecule has 2 amide bonds. The van der Waals surface area contributed by atoms with Gasteiger partial charge in [0.2, 0.25) is 11.8 Å². The number of hydrogen-bond acceptors (Lipinski definition) is 8. The Balaban J connectivity index is 1.50. The van der Waals surface area contributed by atoms with Gasteiger partial charge in [-0.25, -0.2) is 22.9 Å². The maximum absolute atomic E-state index is 14.1. The van der Waals surface area contributed by atoms with E-state index in [9.17, 15) is 18.0 Å². The van der Waals surface area contributed by atoms with E-state index in [2.05, 4.69) is 20.0 Å². The van der Waals surface area contributed by atoms with Crippen molar-refractivity contribution in [3.8, 4) is 17.1 Å². The zero-order valence-electron chi connectivity index (χ0n) is 27.5. The predicted molar refractivity (Wildman–Crippen MR) is 175 cm³/mol. The summed E-state index contributed by atoms with van der Waals surface area (Å²) in [7, 11) is -4.16. The van der Waals surface area contributed by atoms with E-state index < -0.39 is 27.8 Å². The molecule has 2 aromatic carbocycles. The van der Waals surface area contributed by atoms with E-state index in [-0.39, 0.29) is 46.8 Å². The van der Waals surface area contributed by atoms with Crippen molar-refractivity contribution in [1.82, 2.24) is 20.2 Å². The molecule has 5 rings (SSSR count). The number of nitrogens with zero attached hydrogens (tertiary/aromatic N) is 3. The first kappa shape index (κ1) is 33.2. The Hall–Kier alpha value is -4.19. The van der Waals surface area contributed by atoms with Gasteiger partial charge in [0, 0.05) is 28.8 Å². The Morgan fingerprint density at radius 2 is 1.67 bits per heavy atom. The highest BCUT2D eigenvalue weighted by atomic mass is 32.2. The molecule has 3 aromatic rings. The summed E-state index contributed by atoms with van der Waals surface area (Å²) in [6, 6.07) is 11.7. The number of rotatable bonds is 3. The number of carbonyl (C=O) groups excluding carboxylic acids is 2. The molecule has 0 radical (unpaired) electrons. The summed E-state index contributed by atoms with van der Waals surface area (Å²) in [4.78, 5) is 37.3. The number of ether oxygens (including phenoxy) is 2. The average molecular weight is 650 g/mol. The van der Waals surface area contributed by atoms with Gasteiger partial charge in [0.1, 0.15) is 11.7 Å². The Labute approximate surface area is 271 Å². The number of nitrogens with one attached hydrogen (secondary N) is 2. The van der Waals surface area contributed by atoms with E-state index >= 15 is 0 Å². The average Bonchev–Trinajstić information content (AvgIpc) is 2.97. The lowest BCUT2D eigenvalue weighted by atomic mass is 9.89. The molecule has 2 N–H and O–H groups in total. The molecular formula is C34H43N5O6S. The zero-order valence-corrected chi connectivity index (χ0v) is 28.3. The normalized spacial score (nSPS) is 21.5. The molecule has 1 aliphatic carbocycles. The number of aromatic nitrogens is 2. The van der Waals surface area contributed by atoms with Gasteiger partial charge in [0.05, 0.1) is 17.1 Å². The number of alkyl carbamates (subject to hydrolysis) is 1. The Bertz CT molecular complexity index is 1720. The number of fused-ring (bicyclic) bond motifs is 4. The third-order valence-corrected chi connectivity index (χ3v) is 9.65. The molecule has 1 aliphatic heterocycles. The smallest absolute Gasteiger partial charge is 0.407 e. The molecule has 11 nitrogen and oxygen atoms in total. The summed E-state index contributed by atoms with van der Waals surface area (Å²) >= 11 is 0. The van der Waals surface area contributed by atoms with Crippen LogP contribution in [0, 0.1) is 20.8 Å². The first-order chi connectivity index (χ1) is 21.6. The number of sulfonamides is 1. The van der Waals surface area contributed by atoms with Gasteiger partial charge in [0.25, 0.3) is 15.9 Å². The second-order valence-electron chi connectivity index (χ2n) is 13.3. The lowest BCUT2D eigenvalue weighted by Gasteiger charge is -2.38. The van der Waals surface area contributed by atoms with Crippen LogP contribution in [0.1, 0.15) is 80.4 Å². The zero-order chi connectivity index (χ0) is 33.4. The van der Waals surface area contributed by atoms with E-state index in [1.807, 2.05) is 66.7 Å². The highest BCUT2D eigenvalue weighted by Crippen LogP contribution is 2.34. The van der Waals surface area contributed by atoms with Crippen molar-refractivity contribution in [3.63, 3.8) is 0 Å². The highest BCUT2D eigenvalue weighted by molar-refractivity contribution is 7.92. The van der Waals surface area contributed by atoms with Crippen LogP contribution in [-0.4, -0.2) is 65.6 Å². The summed E-state index contributed by atoms with van der Waals surface area (Å²) in [5, 5.41) is 2.95. The summed E-state index contributed by atoms with van der Waals surface area (Å²) in [6.07, 6.45) is 1.67. The Morgan fingerprint density at radius 1 is 1.02 bits per heavy atom. The maximum atomic E-state index is 14.1. The number of hydrogen-bond donors (Lipinski definition) is 2. The molecule has 1 aromatic heterocycles. The second kappa shape index (κ2) is 12.9. The van der Waals surface area contributed by atoms with Crippen LogP contribution < -0.4 is 14.8 Å².